The van der Waals surface area contributed by atoms with Crippen molar-refractivity contribution in [2.24, 2.45) is 5.73 Å². The van der Waals surface area contributed by atoms with Gasteiger partial charge in [-0.05, 0) is 55.8 Å². The quantitative estimate of drug-likeness (QED) is 0.252. The van der Waals surface area contributed by atoms with Crippen molar-refractivity contribution in [3.63, 3.8) is 0 Å². The summed E-state index contributed by atoms with van der Waals surface area (Å²) in [6.45, 7) is 3.40. The Hall–Kier alpha value is -3.37. The van der Waals surface area contributed by atoms with Gasteiger partial charge in [-0.3, -0.25) is 14.5 Å². The first-order valence-corrected chi connectivity index (χ1v) is 12.6. The van der Waals surface area contributed by atoms with E-state index >= 15 is 0 Å². The summed E-state index contributed by atoms with van der Waals surface area (Å²) in [7, 11) is -4.01. The zero-order valence-electron chi connectivity index (χ0n) is 19.1. The second-order valence-corrected chi connectivity index (χ2v) is 9.65. The van der Waals surface area contributed by atoms with Gasteiger partial charge in [-0.2, -0.15) is 0 Å². The standard InChI is InChI=1S/C24H30N4O5S/c1-2-32-23(29)17-34(30,31)28(14-4-6-18-5-3-7-19(15-18)24(25)26)20-8-10-21(11-9-20)33-22-12-13-27-16-22/h3-11,15,22,27H,2,12-14,16-17H2,1H3,(H3,25,26). The monoisotopic (exact) mass is 486 g/mol. The summed E-state index contributed by atoms with van der Waals surface area (Å²) in [6.07, 6.45) is 4.42. The third-order valence-corrected chi connectivity index (χ3v) is 6.80. The van der Waals surface area contributed by atoms with Crippen molar-refractivity contribution in [1.29, 1.82) is 5.41 Å². The van der Waals surface area contributed by atoms with Crippen LogP contribution in [0.1, 0.15) is 24.5 Å². The van der Waals surface area contributed by atoms with E-state index in [0.29, 0.717) is 17.0 Å². The molecule has 1 fully saturated rings. The molecule has 0 bridgehead atoms. The molecular formula is C24H30N4O5S. The maximum atomic E-state index is 13.1. The SMILES string of the molecule is CCOC(=O)CS(=O)(=O)N(CC=Cc1cccc(C(=N)N)c1)c1ccc(OC2CCNC2)cc1. The number of sulfonamides is 1. The minimum absolute atomic E-state index is 0.00120. The molecule has 2 aromatic carbocycles. The lowest BCUT2D eigenvalue weighted by molar-refractivity contribution is -0.139. The van der Waals surface area contributed by atoms with Gasteiger partial charge in [0.15, 0.2) is 5.75 Å². The number of hydrogen-bond acceptors (Lipinski definition) is 7. The van der Waals surface area contributed by atoms with Gasteiger partial charge in [0.2, 0.25) is 10.0 Å². The number of nitrogens with two attached hydrogens (primary N) is 1. The number of amidine groups is 1. The number of anilines is 1. The van der Waals surface area contributed by atoms with Gasteiger partial charge in [-0.25, -0.2) is 8.42 Å². The Morgan fingerprint density at radius 1 is 1.26 bits per heavy atom. The third kappa shape index (κ3) is 7.06. The first-order chi connectivity index (χ1) is 16.3. The number of esters is 1. The summed E-state index contributed by atoms with van der Waals surface area (Å²) in [5.74, 6) is -0.971. The predicted octanol–water partition coefficient (Wildman–Crippen LogP) is 2.12. The fraction of sp³-hybridized carbons (Fsp3) is 0.333. The molecule has 1 unspecified atom stereocenters. The largest absolute Gasteiger partial charge is 0.489 e. The molecule has 0 spiro atoms. The second-order valence-electron chi connectivity index (χ2n) is 7.76. The molecule has 4 N–H and O–H groups in total. The van der Waals surface area contributed by atoms with Crippen LogP contribution < -0.4 is 20.1 Å². The van der Waals surface area contributed by atoms with Crippen molar-refractivity contribution in [3.8, 4) is 5.75 Å². The van der Waals surface area contributed by atoms with Gasteiger partial charge in [0.25, 0.3) is 0 Å². The van der Waals surface area contributed by atoms with E-state index in [1.807, 2.05) is 6.07 Å². The summed E-state index contributed by atoms with van der Waals surface area (Å²) in [6, 6.07) is 13.8. The van der Waals surface area contributed by atoms with Gasteiger partial charge >= 0.3 is 5.97 Å². The van der Waals surface area contributed by atoms with Crippen molar-refractivity contribution in [3.05, 3.63) is 65.7 Å². The lowest BCUT2D eigenvalue weighted by atomic mass is 10.1. The van der Waals surface area contributed by atoms with E-state index in [-0.39, 0.29) is 25.1 Å². The number of hydrogen-bond donors (Lipinski definition) is 3. The molecule has 1 saturated heterocycles. The smallest absolute Gasteiger partial charge is 0.323 e. The Balaban J connectivity index is 1.81. The maximum Gasteiger partial charge on any atom is 0.323 e. The zero-order valence-corrected chi connectivity index (χ0v) is 19.9. The molecule has 1 aliphatic rings. The van der Waals surface area contributed by atoms with Crippen LogP contribution >= 0.6 is 0 Å². The normalized spacial score (nSPS) is 15.9. The van der Waals surface area contributed by atoms with Crippen molar-refractivity contribution in [1.82, 2.24) is 5.32 Å². The molecule has 1 atom stereocenters. The van der Waals surface area contributed by atoms with Gasteiger partial charge < -0.3 is 20.5 Å². The van der Waals surface area contributed by atoms with Gasteiger partial charge in [0.1, 0.15) is 17.7 Å². The fourth-order valence-electron chi connectivity index (χ4n) is 3.52. The Morgan fingerprint density at radius 3 is 2.68 bits per heavy atom. The average Bonchev–Trinajstić information content (AvgIpc) is 3.30. The minimum atomic E-state index is -4.01. The molecule has 1 aliphatic heterocycles. The number of ether oxygens (including phenoxy) is 2. The number of rotatable bonds is 11. The first-order valence-electron chi connectivity index (χ1n) is 11.0. The van der Waals surface area contributed by atoms with Crippen LogP contribution in [0.2, 0.25) is 0 Å². The van der Waals surface area contributed by atoms with Crippen molar-refractivity contribution in [2.75, 3.05) is 36.3 Å². The predicted molar refractivity (Wildman–Crippen MR) is 133 cm³/mol. The highest BCUT2D eigenvalue weighted by Gasteiger charge is 2.26. The molecule has 34 heavy (non-hydrogen) atoms. The molecule has 1 heterocycles. The van der Waals surface area contributed by atoms with Crippen molar-refractivity contribution >= 4 is 33.6 Å². The van der Waals surface area contributed by atoms with Crippen molar-refractivity contribution in [2.45, 2.75) is 19.4 Å². The Labute approximate surface area is 200 Å². The second kappa shape index (κ2) is 11.7. The summed E-state index contributed by atoms with van der Waals surface area (Å²) in [5.41, 5.74) is 7.29. The summed E-state index contributed by atoms with van der Waals surface area (Å²) >= 11 is 0. The molecule has 182 valence electrons. The lowest BCUT2D eigenvalue weighted by Crippen LogP contribution is -2.36. The zero-order chi connectivity index (χ0) is 24.6. The molecular weight excluding hydrogens is 456 g/mol. The number of benzene rings is 2. The van der Waals surface area contributed by atoms with Crippen molar-refractivity contribution < 1.29 is 22.7 Å². The van der Waals surface area contributed by atoms with Crippen LogP contribution in [0.25, 0.3) is 6.08 Å². The number of carbonyl (C=O) groups excluding carboxylic acids is 1. The van der Waals surface area contributed by atoms with Crippen LogP contribution in [-0.2, 0) is 19.6 Å². The summed E-state index contributed by atoms with van der Waals surface area (Å²) < 4.78 is 38.1. The molecule has 9 nitrogen and oxygen atoms in total. The molecule has 2 aromatic rings. The first kappa shape index (κ1) is 25.3. The maximum absolute atomic E-state index is 13.1. The van der Waals surface area contributed by atoms with Crippen LogP contribution in [-0.4, -0.2) is 58.3 Å². The molecule has 3 rings (SSSR count). The summed E-state index contributed by atoms with van der Waals surface area (Å²) in [4.78, 5) is 11.9. The fourth-order valence-corrected chi connectivity index (χ4v) is 4.81. The minimum Gasteiger partial charge on any atom is -0.489 e. The Morgan fingerprint density at radius 2 is 2.03 bits per heavy atom. The molecule has 0 saturated carbocycles. The van der Waals surface area contributed by atoms with E-state index in [2.05, 4.69) is 5.32 Å². The number of nitrogens with one attached hydrogen (secondary N) is 2. The highest BCUT2D eigenvalue weighted by molar-refractivity contribution is 7.93. The Bertz CT molecular complexity index is 1130. The van der Waals surface area contributed by atoms with Gasteiger partial charge in [-0.1, -0.05) is 30.4 Å². The van der Waals surface area contributed by atoms with Gasteiger partial charge in [0.05, 0.1) is 18.8 Å². The van der Waals surface area contributed by atoms with Crippen LogP contribution in [0, 0.1) is 5.41 Å². The summed E-state index contributed by atoms with van der Waals surface area (Å²) in [5, 5.41) is 10.8. The number of carbonyl (C=O) groups is 1. The molecule has 0 aromatic heterocycles. The van der Waals surface area contributed by atoms with Crippen LogP contribution in [0.3, 0.4) is 0 Å². The highest BCUT2D eigenvalue weighted by atomic mass is 32.2. The number of nitrogens with zero attached hydrogens (tertiary/aromatic N) is 1. The van der Waals surface area contributed by atoms with E-state index in [1.54, 1.807) is 61.5 Å². The van der Waals surface area contributed by atoms with Crippen LogP contribution in [0.15, 0.2) is 54.6 Å². The Kier molecular flexibility index (Phi) is 8.67. The van der Waals surface area contributed by atoms with E-state index in [1.165, 1.54) is 0 Å². The van der Waals surface area contributed by atoms with Crippen LogP contribution in [0.5, 0.6) is 5.75 Å². The van der Waals surface area contributed by atoms with E-state index in [0.717, 1.165) is 29.4 Å². The molecule has 0 radical (unpaired) electrons. The third-order valence-electron chi connectivity index (χ3n) is 5.16. The van der Waals surface area contributed by atoms with Gasteiger partial charge in [-0.15, -0.1) is 0 Å². The lowest BCUT2D eigenvalue weighted by Gasteiger charge is -2.23. The van der Waals surface area contributed by atoms with Crippen LogP contribution in [0.4, 0.5) is 5.69 Å². The van der Waals surface area contributed by atoms with E-state index < -0.39 is 21.7 Å². The topological polar surface area (TPSA) is 135 Å². The van der Waals surface area contributed by atoms with E-state index in [9.17, 15) is 13.2 Å². The van der Waals surface area contributed by atoms with Gasteiger partial charge in [0, 0.05) is 12.1 Å². The molecule has 0 amide bonds. The highest BCUT2D eigenvalue weighted by Crippen LogP contribution is 2.24. The molecule has 0 aliphatic carbocycles. The average molecular weight is 487 g/mol. The molecule has 10 heteroatoms. The van der Waals surface area contributed by atoms with E-state index in [4.69, 9.17) is 20.6 Å². The number of nitrogen functional groups attached to an aromatic ring is 1.